The average molecular weight is 380 g/mol. The van der Waals surface area contributed by atoms with E-state index in [0.29, 0.717) is 22.5 Å². The lowest BCUT2D eigenvalue weighted by Gasteiger charge is -2.17. The van der Waals surface area contributed by atoms with Crippen LogP contribution in [-0.2, 0) is 16.1 Å². The number of para-hydroxylation sites is 2. The molecule has 1 N–H and O–H groups in total. The lowest BCUT2D eigenvalue weighted by atomic mass is 10.2. The molecule has 0 aliphatic rings. The van der Waals surface area contributed by atoms with Crippen LogP contribution in [0.1, 0.15) is 6.92 Å². The SMILES string of the molecule is COc1ccc(NC(=O)Cn2c(=O)c(N(C)C(C)=O)nc3ccccc32)cc1. The molecule has 144 valence electrons. The Labute approximate surface area is 161 Å². The van der Waals surface area contributed by atoms with Gasteiger partial charge in [-0.2, -0.15) is 0 Å². The van der Waals surface area contributed by atoms with E-state index >= 15 is 0 Å². The summed E-state index contributed by atoms with van der Waals surface area (Å²) in [6.45, 7) is 1.13. The van der Waals surface area contributed by atoms with Crippen LogP contribution in [0, 0.1) is 0 Å². The Morgan fingerprint density at radius 1 is 1.14 bits per heavy atom. The molecule has 0 aliphatic carbocycles. The Bertz CT molecular complexity index is 1090. The molecule has 3 rings (SSSR count). The van der Waals surface area contributed by atoms with Crippen molar-refractivity contribution < 1.29 is 14.3 Å². The maximum absolute atomic E-state index is 12.9. The van der Waals surface area contributed by atoms with Gasteiger partial charge in [0, 0.05) is 19.7 Å². The highest BCUT2D eigenvalue weighted by Crippen LogP contribution is 2.16. The van der Waals surface area contributed by atoms with E-state index in [1.165, 1.54) is 23.4 Å². The van der Waals surface area contributed by atoms with Gasteiger partial charge in [-0.15, -0.1) is 0 Å². The largest absolute Gasteiger partial charge is 0.497 e. The van der Waals surface area contributed by atoms with Gasteiger partial charge in [0.15, 0.2) is 0 Å². The molecule has 8 heteroatoms. The first-order valence-corrected chi connectivity index (χ1v) is 8.58. The highest BCUT2D eigenvalue weighted by atomic mass is 16.5. The fourth-order valence-electron chi connectivity index (χ4n) is 2.72. The predicted molar refractivity (Wildman–Crippen MR) is 107 cm³/mol. The Morgan fingerprint density at radius 2 is 1.82 bits per heavy atom. The van der Waals surface area contributed by atoms with Crippen LogP contribution in [0.4, 0.5) is 11.5 Å². The summed E-state index contributed by atoms with van der Waals surface area (Å²) in [6.07, 6.45) is 0. The quantitative estimate of drug-likeness (QED) is 0.731. The van der Waals surface area contributed by atoms with Gasteiger partial charge in [0.25, 0.3) is 5.56 Å². The molecular formula is C20H20N4O4. The molecule has 0 aliphatic heterocycles. The molecule has 0 bridgehead atoms. The zero-order valence-corrected chi connectivity index (χ0v) is 15.8. The summed E-state index contributed by atoms with van der Waals surface area (Å²) in [5.41, 5.74) is 1.10. The number of carbonyl (C=O) groups excluding carboxylic acids is 2. The lowest BCUT2D eigenvalue weighted by Crippen LogP contribution is -2.36. The third-order valence-electron chi connectivity index (χ3n) is 4.30. The number of nitrogens with one attached hydrogen (secondary N) is 1. The summed E-state index contributed by atoms with van der Waals surface area (Å²) in [6, 6.07) is 13.8. The molecule has 0 saturated carbocycles. The topological polar surface area (TPSA) is 93.5 Å². The molecule has 0 unspecified atom stereocenters. The second kappa shape index (κ2) is 7.91. The molecule has 0 spiro atoms. The number of anilines is 2. The number of rotatable bonds is 5. The first kappa shape index (κ1) is 19.1. The standard InChI is InChI=1S/C20H20N4O4/c1-13(25)23(2)19-20(27)24(17-7-5-4-6-16(17)22-19)12-18(26)21-14-8-10-15(28-3)11-9-14/h4-11H,12H2,1-3H3,(H,21,26). The molecule has 8 nitrogen and oxygen atoms in total. The van der Waals surface area contributed by atoms with Gasteiger partial charge < -0.3 is 10.1 Å². The maximum atomic E-state index is 12.9. The molecule has 3 aromatic rings. The first-order valence-electron chi connectivity index (χ1n) is 8.58. The Morgan fingerprint density at radius 3 is 2.46 bits per heavy atom. The normalized spacial score (nSPS) is 10.5. The van der Waals surface area contributed by atoms with E-state index in [9.17, 15) is 14.4 Å². The minimum absolute atomic E-state index is 0.0246. The van der Waals surface area contributed by atoms with Gasteiger partial charge in [-0.1, -0.05) is 12.1 Å². The molecule has 2 amide bonds. The van der Waals surface area contributed by atoms with E-state index in [1.54, 1.807) is 55.6 Å². The summed E-state index contributed by atoms with van der Waals surface area (Å²) in [4.78, 5) is 42.6. The fourth-order valence-corrected chi connectivity index (χ4v) is 2.72. The van der Waals surface area contributed by atoms with Crippen molar-refractivity contribution in [2.75, 3.05) is 24.4 Å². The Balaban J connectivity index is 1.96. The van der Waals surface area contributed by atoms with Crippen molar-refractivity contribution in [2.24, 2.45) is 0 Å². The van der Waals surface area contributed by atoms with Crippen molar-refractivity contribution in [1.29, 1.82) is 0 Å². The zero-order chi connectivity index (χ0) is 20.3. The van der Waals surface area contributed by atoms with Crippen molar-refractivity contribution in [3.05, 3.63) is 58.9 Å². The first-order chi connectivity index (χ1) is 13.4. The van der Waals surface area contributed by atoms with Gasteiger partial charge >= 0.3 is 0 Å². The zero-order valence-electron chi connectivity index (χ0n) is 15.8. The van der Waals surface area contributed by atoms with Crippen LogP contribution in [0.5, 0.6) is 5.75 Å². The van der Waals surface area contributed by atoms with Crippen LogP contribution in [0.3, 0.4) is 0 Å². The number of hydrogen-bond acceptors (Lipinski definition) is 5. The van der Waals surface area contributed by atoms with Gasteiger partial charge in [-0.3, -0.25) is 23.9 Å². The number of carbonyl (C=O) groups is 2. The van der Waals surface area contributed by atoms with Crippen LogP contribution in [0.15, 0.2) is 53.3 Å². The molecule has 2 aromatic carbocycles. The molecule has 0 atom stereocenters. The molecule has 1 heterocycles. The predicted octanol–water partition coefficient (Wildman–Crippen LogP) is 2.03. The van der Waals surface area contributed by atoms with Gasteiger partial charge in [0.2, 0.25) is 17.6 Å². The van der Waals surface area contributed by atoms with Crippen LogP contribution in [0.2, 0.25) is 0 Å². The minimum Gasteiger partial charge on any atom is -0.497 e. The van der Waals surface area contributed by atoms with Gasteiger partial charge in [-0.25, -0.2) is 4.98 Å². The van der Waals surface area contributed by atoms with Crippen LogP contribution < -0.4 is 20.5 Å². The summed E-state index contributed by atoms with van der Waals surface area (Å²) >= 11 is 0. The molecule has 28 heavy (non-hydrogen) atoms. The number of fused-ring (bicyclic) bond motifs is 1. The van der Waals surface area contributed by atoms with Crippen molar-refractivity contribution in [3.8, 4) is 5.75 Å². The molecule has 1 aromatic heterocycles. The van der Waals surface area contributed by atoms with E-state index in [-0.39, 0.29) is 24.2 Å². The van der Waals surface area contributed by atoms with Crippen LogP contribution >= 0.6 is 0 Å². The summed E-state index contributed by atoms with van der Waals surface area (Å²) in [5.74, 6) is -0.0520. The Kier molecular flexibility index (Phi) is 5.39. The minimum atomic E-state index is -0.513. The smallest absolute Gasteiger partial charge is 0.294 e. The van der Waals surface area contributed by atoms with Gasteiger partial charge in [0.1, 0.15) is 12.3 Å². The molecule has 0 radical (unpaired) electrons. The number of benzene rings is 2. The van der Waals surface area contributed by atoms with Crippen LogP contribution in [-0.4, -0.2) is 35.5 Å². The van der Waals surface area contributed by atoms with Crippen LogP contribution in [0.25, 0.3) is 11.0 Å². The summed E-state index contributed by atoms with van der Waals surface area (Å²) in [7, 11) is 3.03. The monoisotopic (exact) mass is 380 g/mol. The second-order valence-electron chi connectivity index (χ2n) is 6.17. The van der Waals surface area contributed by atoms with E-state index in [1.807, 2.05) is 0 Å². The van der Waals surface area contributed by atoms with Gasteiger partial charge in [-0.05, 0) is 36.4 Å². The summed E-state index contributed by atoms with van der Waals surface area (Å²) < 4.78 is 6.41. The number of methoxy groups -OCH3 is 1. The number of hydrogen-bond donors (Lipinski definition) is 1. The molecule has 0 fully saturated rings. The van der Waals surface area contributed by atoms with Gasteiger partial charge in [0.05, 0.1) is 18.1 Å². The van der Waals surface area contributed by atoms with Crippen molar-refractivity contribution >= 4 is 34.4 Å². The number of aromatic nitrogens is 2. The highest BCUT2D eigenvalue weighted by molar-refractivity contribution is 5.93. The van der Waals surface area contributed by atoms with E-state index < -0.39 is 5.56 Å². The van der Waals surface area contributed by atoms with Crippen molar-refractivity contribution in [1.82, 2.24) is 9.55 Å². The van der Waals surface area contributed by atoms with Crippen molar-refractivity contribution in [2.45, 2.75) is 13.5 Å². The van der Waals surface area contributed by atoms with E-state index in [2.05, 4.69) is 10.3 Å². The third-order valence-corrected chi connectivity index (χ3v) is 4.30. The number of amides is 2. The fraction of sp³-hybridized carbons (Fsp3) is 0.200. The number of nitrogens with zero attached hydrogens (tertiary/aromatic N) is 3. The van der Waals surface area contributed by atoms with E-state index in [4.69, 9.17) is 4.74 Å². The lowest BCUT2D eigenvalue weighted by molar-refractivity contribution is -0.117. The maximum Gasteiger partial charge on any atom is 0.294 e. The Hall–Kier alpha value is -3.68. The number of ether oxygens (including phenoxy) is 1. The van der Waals surface area contributed by atoms with Crippen molar-refractivity contribution in [3.63, 3.8) is 0 Å². The molecule has 0 saturated heterocycles. The highest BCUT2D eigenvalue weighted by Gasteiger charge is 2.18. The summed E-state index contributed by atoms with van der Waals surface area (Å²) in [5, 5.41) is 2.75. The molecular weight excluding hydrogens is 360 g/mol. The second-order valence-corrected chi connectivity index (χ2v) is 6.17. The average Bonchev–Trinajstić information content (AvgIpc) is 2.69. The third kappa shape index (κ3) is 3.85. The van der Waals surface area contributed by atoms with E-state index in [0.717, 1.165) is 0 Å².